The number of amides is 2. The van der Waals surface area contributed by atoms with Gasteiger partial charge >= 0.3 is 5.97 Å². The number of esters is 1. The van der Waals surface area contributed by atoms with Crippen molar-refractivity contribution in [3.05, 3.63) is 105 Å². The summed E-state index contributed by atoms with van der Waals surface area (Å²) in [6.45, 7) is 11.1. The molecule has 2 saturated heterocycles. The summed E-state index contributed by atoms with van der Waals surface area (Å²) >= 11 is 1.88. The maximum absolute atomic E-state index is 15.1. The van der Waals surface area contributed by atoms with E-state index in [2.05, 4.69) is 10.8 Å². The fraction of sp³-hybridized carbons (Fsp3) is 0.606. The number of hydrogen-bond acceptors (Lipinski definition) is 17. The number of hydroxylamine groups is 1. The summed E-state index contributed by atoms with van der Waals surface area (Å²) in [6.07, 6.45) is 6.44. The number of cyclic esters (lactones) is 1. The number of Topliss-reactive ketones (excluding diaryl/α,β-unsaturated/α-hetero) is 3. The summed E-state index contributed by atoms with van der Waals surface area (Å²) in [6, 6.07) is 4.39. The second-order valence-electron chi connectivity index (χ2n) is 24.6. The van der Waals surface area contributed by atoms with Crippen LogP contribution < -0.4 is 10.8 Å². The van der Waals surface area contributed by atoms with Crippen LogP contribution in [-0.2, 0) is 52.5 Å². The van der Waals surface area contributed by atoms with Crippen LogP contribution in [0.25, 0.3) is 0 Å². The first-order valence-corrected chi connectivity index (χ1v) is 31.8. The van der Waals surface area contributed by atoms with Crippen LogP contribution >= 0.6 is 22.6 Å². The predicted octanol–water partition coefficient (Wildman–Crippen LogP) is 9.04. The molecule has 3 fully saturated rings. The monoisotopic (exact) mass is 1360 g/mol. The summed E-state index contributed by atoms with van der Waals surface area (Å²) < 4.78 is 74.8. The Morgan fingerprint density at radius 1 is 0.876 bits per heavy atom. The van der Waals surface area contributed by atoms with E-state index in [9.17, 15) is 58.0 Å². The maximum atomic E-state index is 15.1. The highest BCUT2D eigenvalue weighted by atomic mass is 127. The zero-order valence-corrected chi connectivity index (χ0v) is 54.4. The van der Waals surface area contributed by atoms with Crippen molar-refractivity contribution in [2.45, 2.75) is 186 Å². The van der Waals surface area contributed by atoms with Crippen molar-refractivity contribution < 1.29 is 90.9 Å². The van der Waals surface area contributed by atoms with Crippen LogP contribution in [0.5, 0.6) is 0 Å². The van der Waals surface area contributed by atoms with Crippen molar-refractivity contribution in [2.75, 3.05) is 39.3 Å². The molecular formula is C66H89F3IN3O16. The summed E-state index contributed by atoms with van der Waals surface area (Å²) in [7, 11) is 2.87. The molecule has 2 aromatic carbocycles. The van der Waals surface area contributed by atoms with Crippen molar-refractivity contribution in [3.8, 4) is 0 Å². The standard InChI is InChI=1S/C66H89F3IN3O16/c1-36-15-11-10-12-16-37(2)54(86-34-45(74)35-87-72-63(80)47-22-23-48(67)57(69)58(47)71-50-24-20-44(70)31-49(50)68)32-46-21-18-42(7)66(83,89-46)62(79)64(81)73-26-14-13-17-51(73)65(82)88-55(39(4)29-43-19-25-52(75)56(30-43)84-8)33-53(76)38(3)28-41(6)60(78)61(85-9)59(77)40(5)27-36/h10-12,15-16,20,22-24,28,31,36,38-40,42-43,45-46,51-52,54-56,60-61,71,74-75,78,83H,13-14,17-19,21,25-27,29-30,32-35H2,1-9H3,(H,72,80)/b12-10+,15-11+,37-16-,41-28+/t36-,38-,39?,40-,42-,43-,45-,46+,51?,52-,54-,55+,56-,60-,61+,66-/m1/s1. The lowest BCUT2D eigenvalue weighted by atomic mass is 9.78. The summed E-state index contributed by atoms with van der Waals surface area (Å²) in [5, 5.41) is 48.0. The number of benzene rings is 2. The van der Waals surface area contributed by atoms with Crippen LogP contribution in [0, 0.1) is 56.5 Å². The molecule has 89 heavy (non-hydrogen) atoms. The number of carbonyl (C=O) groups excluding carboxylic acids is 6. The number of anilines is 2. The molecule has 6 N–H and O–H groups in total. The largest absolute Gasteiger partial charge is 0.460 e. The molecule has 0 radical (unpaired) electrons. The molecule has 0 aromatic heterocycles. The Morgan fingerprint density at radius 3 is 2.33 bits per heavy atom. The van der Waals surface area contributed by atoms with Crippen LogP contribution in [0.3, 0.4) is 0 Å². The van der Waals surface area contributed by atoms with Crippen LogP contribution in [0.15, 0.2) is 77.9 Å². The molecule has 0 spiro atoms. The number of ketones is 3. The van der Waals surface area contributed by atoms with Gasteiger partial charge in [-0.1, -0.05) is 71.1 Å². The minimum Gasteiger partial charge on any atom is -0.460 e. The van der Waals surface area contributed by atoms with E-state index in [0.717, 1.165) is 17.0 Å². The third-order valence-electron chi connectivity index (χ3n) is 17.7. The number of carbonyl (C=O) groups is 6. The van der Waals surface area contributed by atoms with E-state index in [1.165, 1.54) is 26.4 Å². The Morgan fingerprint density at radius 2 is 1.62 bits per heavy atom. The average molecular weight is 1360 g/mol. The van der Waals surface area contributed by atoms with E-state index in [0.29, 0.717) is 72.1 Å². The number of aliphatic hydroxyl groups is 4. The molecule has 2 bridgehead atoms. The third-order valence-corrected chi connectivity index (χ3v) is 18.3. The van der Waals surface area contributed by atoms with Gasteiger partial charge in [-0.05, 0) is 160 Å². The van der Waals surface area contributed by atoms with Crippen molar-refractivity contribution >= 4 is 69.1 Å². The number of nitrogens with zero attached hydrogens (tertiary/aromatic N) is 1. The second kappa shape index (κ2) is 33.9. The van der Waals surface area contributed by atoms with Gasteiger partial charge in [0.05, 0.1) is 48.0 Å². The highest BCUT2D eigenvalue weighted by Crippen LogP contribution is 2.38. The van der Waals surface area contributed by atoms with E-state index < -0.39 is 150 Å². The molecule has 19 nitrogen and oxygen atoms in total. The topological polar surface area (TPSA) is 266 Å². The molecule has 3 heterocycles. The number of rotatable bonds is 14. The molecule has 492 valence electrons. The summed E-state index contributed by atoms with van der Waals surface area (Å²) in [4.78, 5) is 91.7. The zero-order chi connectivity index (χ0) is 65.4. The molecule has 2 unspecified atom stereocenters. The fourth-order valence-corrected chi connectivity index (χ4v) is 12.6. The second-order valence-corrected chi connectivity index (χ2v) is 25.9. The van der Waals surface area contributed by atoms with Gasteiger partial charge in [0.1, 0.15) is 48.7 Å². The Hall–Kier alpha value is -5.22. The number of halogens is 4. The Labute approximate surface area is 533 Å². The van der Waals surface area contributed by atoms with Crippen molar-refractivity contribution in [1.29, 1.82) is 0 Å². The SMILES string of the molecule is CO[C@@H]1C[C@@H](CC(C)[C@@H]2CC(=O)[C@H](C)/C=C(\C)[C@@H](O)[C@@H](OC)C(=O)[C@H](C)C[C@H](C)/C=C/C=C/C=C(/C)[C@H](OC[C@@H](O)CONC(=O)c3ccc(F)c(F)c3Nc3ccc(I)cc3F)C[C@@H]3CC[C@@H](C)[C@@](O)(O3)C(=O)C(=O)N3CCCCC3C(=O)O2)CC[C@H]1O. The maximum Gasteiger partial charge on any atom is 0.329 e. The number of ether oxygens (including phenoxy) is 5. The normalized spacial score (nSPS) is 32.9. The Bertz CT molecular complexity index is 2930. The van der Waals surface area contributed by atoms with E-state index in [4.69, 9.17) is 28.5 Å². The van der Waals surface area contributed by atoms with Gasteiger partial charge in [0.15, 0.2) is 17.4 Å². The zero-order valence-electron chi connectivity index (χ0n) is 52.3. The fourth-order valence-electron chi connectivity index (χ4n) is 12.2. The molecule has 3 aliphatic heterocycles. The molecule has 4 aliphatic rings. The van der Waals surface area contributed by atoms with Gasteiger partial charge in [0, 0.05) is 54.9 Å². The highest BCUT2D eigenvalue weighted by molar-refractivity contribution is 14.1. The molecule has 2 amide bonds. The van der Waals surface area contributed by atoms with E-state index in [-0.39, 0.29) is 61.3 Å². The van der Waals surface area contributed by atoms with Gasteiger partial charge in [-0.3, -0.25) is 28.8 Å². The van der Waals surface area contributed by atoms with Gasteiger partial charge in [-0.2, -0.15) is 0 Å². The lowest BCUT2D eigenvalue weighted by Crippen LogP contribution is -2.61. The number of methoxy groups -OCH3 is 2. The molecule has 1 saturated carbocycles. The lowest BCUT2D eigenvalue weighted by Gasteiger charge is -2.43. The van der Waals surface area contributed by atoms with Crippen LogP contribution in [0.2, 0.25) is 0 Å². The first-order valence-electron chi connectivity index (χ1n) is 30.7. The number of piperidine rings is 1. The van der Waals surface area contributed by atoms with Crippen molar-refractivity contribution in [1.82, 2.24) is 10.4 Å². The number of aliphatic hydroxyl groups excluding tert-OH is 3. The third kappa shape index (κ3) is 19.7. The number of hydrogen-bond donors (Lipinski definition) is 6. The lowest BCUT2D eigenvalue weighted by molar-refractivity contribution is -0.266. The van der Waals surface area contributed by atoms with E-state index in [1.807, 2.05) is 42.5 Å². The smallest absolute Gasteiger partial charge is 0.329 e. The average Bonchev–Trinajstić information content (AvgIpc) is 1.14. The molecule has 16 atom stereocenters. The molecule has 1 aliphatic carbocycles. The Kier molecular flexibility index (Phi) is 27.8. The quantitative estimate of drug-likeness (QED) is 0.0339. The minimum absolute atomic E-state index is 0.0157. The highest BCUT2D eigenvalue weighted by Gasteiger charge is 2.53. The number of allylic oxidation sites excluding steroid dienone is 6. The van der Waals surface area contributed by atoms with Gasteiger partial charge < -0.3 is 54.3 Å². The van der Waals surface area contributed by atoms with Crippen LogP contribution in [-0.4, -0.2) is 155 Å². The van der Waals surface area contributed by atoms with Crippen molar-refractivity contribution in [3.63, 3.8) is 0 Å². The molecule has 6 rings (SSSR count). The number of nitrogens with one attached hydrogen (secondary N) is 2. The molecule has 23 heteroatoms. The van der Waals surface area contributed by atoms with Crippen LogP contribution in [0.1, 0.15) is 136 Å². The molecule has 2 aromatic rings. The van der Waals surface area contributed by atoms with E-state index in [1.54, 1.807) is 65.0 Å². The van der Waals surface area contributed by atoms with Gasteiger partial charge in [0.2, 0.25) is 5.79 Å². The van der Waals surface area contributed by atoms with Crippen LogP contribution in [0.4, 0.5) is 24.5 Å². The number of fused-ring (bicyclic) bond motifs is 3. The Balaban J connectivity index is 1.25. The van der Waals surface area contributed by atoms with Gasteiger partial charge in [-0.15, -0.1) is 0 Å². The summed E-state index contributed by atoms with van der Waals surface area (Å²) in [5.41, 5.74) is 1.66. The van der Waals surface area contributed by atoms with Crippen molar-refractivity contribution in [2.24, 2.45) is 35.5 Å². The van der Waals surface area contributed by atoms with E-state index >= 15 is 4.39 Å². The predicted molar refractivity (Wildman–Crippen MR) is 332 cm³/mol. The molecular weight excluding hydrogens is 1270 g/mol. The van der Waals surface area contributed by atoms with Gasteiger partial charge in [0.25, 0.3) is 17.6 Å². The first-order chi connectivity index (χ1) is 42.2. The minimum atomic E-state index is -2.66. The summed E-state index contributed by atoms with van der Waals surface area (Å²) in [5.74, 6) is -14.0. The first kappa shape index (κ1) is 72.8. The van der Waals surface area contributed by atoms with Gasteiger partial charge in [-0.25, -0.2) is 23.4 Å².